The lowest BCUT2D eigenvalue weighted by Crippen LogP contribution is -2.53. The van der Waals surface area contributed by atoms with Gasteiger partial charge in [-0.15, -0.1) is 0 Å². The number of likely N-dealkylation sites (tertiary alicyclic amines) is 1. The molecule has 0 aromatic carbocycles. The van der Waals surface area contributed by atoms with Crippen molar-refractivity contribution in [3.05, 3.63) is 17.4 Å². The Labute approximate surface area is 204 Å². The van der Waals surface area contributed by atoms with E-state index in [1.54, 1.807) is 22.2 Å². The van der Waals surface area contributed by atoms with E-state index in [0.717, 1.165) is 65.4 Å². The maximum Gasteiger partial charge on any atom is 0.230 e. The van der Waals surface area contributed by atoms with Gasteiger partial charge in [-0.3, -0.25) is 4.68 Å². The van der Waals surface area contributed by atoms with E-state index < -0.39 is 0 Å². The number of aryl methyl sites for hydroxylation is 2. The van der Waals surface area contributed by atoms with Crippen molar-refractivity contribution in [1.82, 2.24) is 29.6 Å². The summed E-state index contributed by atoms with van der Waals surface area (Å²) in [5, 5.41) is 12.4. The Bertz CT molecular complexity index is 1140. The topological polar surface area (TPSA) is 93.0 Å². The minimum Gasteiger partial charge on any atom is -0.380 e. The number of hydrogen-bond donors (Lipinski definition) is 2. The Kier molecular flexibility index (Phi) is 5.90. The molecule has 0 unspecified atom stereocenters. The number of hydrogen-bond acceptors (Lipinski definition) is 9. The first-order chi connectivity index (χ1) is 16.6. The Morgan fingerprint density at radius 2 is 1.91 bits per heavy atom. The Balaban J connectivity index is 1.13. The van der Waals surface area contributed by atoms with Gasteiger partial charge in [0, 0.05) is 30.7 Å². The van der Waals surface area contributed by atoms with Gasteiger partial charge < -0.3 is 20.3 Å². The van der Waals surface area contributed by atoms with E-state index in [1.165, 1.54) is 38.8 Å². The number of nitrogens with zero attached hydrogens (tertiary/aromatic N) is 6. The van der Waals surface area contributed by atoms with Crippen molar-refractivity contribution in [1.29, 1.82) is 0 Å². The highest BCUT2D eigenvalue weighted by Crippen LogP contribution is 2.40. The molecule has 34 heavy (non-hydrogen) atoms. The second kappa shape index (κ2) is 9.05. The first-order valence-electron chi connectivity index (χ1n) is 12.6. The van der Waals surface area contributed by atoms with Crippen LogP contribution in [-0.2, 0) is 18.2 Å². The summed E-state index contributed by atoms with van der Waals surface area (Å²) < 4.78 is 7.26. The molecule has 1 saturated carbocycles. The second-order valence-electron chi connectivity index (χ2n) is 10.2. The average Bonchev–Trinajstić information content (AvgIpc) is 3.44. The van der Waals surface area contributed by atoms with Gasteiger partial charge in [-0.05, 0) is 58.0 Å². The van der Waals surface area contributed by atoms with Crippen LogP contribution in [0.2, 0.25) is 0 Å². The highest BCUT2D eigenvalue weighted by Gasteiger charge is 2.42. The molecule has 9 nitrogen and oxygen atoms in total. The number of aromatic nitrogens is 5. The van der Waals surface area contributed by atoms with E-state index in [-0.39, 0.29) is 0 Å². The fourth-order valence-electron chi connectivity index (χ4n) is 5.61. The van der Waals surface area contributed by atoms with Gasteiger partial charge in [0.05, 0.1) is 30.1 Å². The molecule has 3 aromatic heterocycles. The predicted octanol–water partition coefficient (Wildman–Crippen LogP) is 3.96. The van der Waals surface area contributed by atoms with Crippen molar-refractivity contribution >= 4 is 39.1 Å². The van der Waals surface area contributed by atoms with E-state index in [4.69, 9.17) is 19.7 Å². The first-order valence-corrected chi connectivity index (χ1v) is 13.4. The number of anilines is 3. The summed E-state index contributed by atoms with van der Waals surface area (Å²) in [6, 6.07) is 1.14. The zero-order valence-electron chi connectivity index (χ0n) is 20.1. The molecular formula is C24H34N8OS. The minimum absolute atomic E-state index is 0.420. The van der Waals surface area contributed by atoms with Crippen LogP contribution >= 0.6 is 11.3 Å². The molecule has 0 atom stereocenters. The Hall–Kier alpha value is -2.30. The summed E-state index contributed by atoms with van der Waals surface area (Å²) in [4.78, 5) is 18.1. The van der Waals surface area contributed by atoms with Gasteiger partial charge in [0.1, 0.15) is 5.52 Å². The van der Waals surface area contributed by atoms with Gasteiger partial charge in [0.2, 0.25) is 5.95 Å². The van der Waals surface area contributed by atoms with Crippen LogP contribution in [0.25, 0.3) is 10.3 Å². The number of rotatable bonds is 6. The number of nitrogens with one attached hydrogen (secondary N) is 2. The monoisotopic (exact) mass is 482 g/mol. The first kappa shape index (κ1) is 22.2. The lowest BCUT2D eigenvalue weighted by atomic mass is 9.76. The maximum atomic E-state index is 5.50. The fourth-order valence-corrected chi connectivity index (χ4v) is 6.49. The van der Waals surface area contributed by atoms with Crippen molar-refractivity contribution in [2.45, 2.75) is 64.0 Å². The molecule has 2 aliphatic heterocycles. The number of thiazole rings is 1. The molecule has 3 fully saturated rings. The van der Waals surface area contributed by atoms with Crippen LogP contribution in [-0.4, -0.2) is 68.0 Å². The zero-order chi connectivity index (χ0) is 23.1. The fraction of sp³-hybridized carbons (Fsp3) is 0.667. The van der Waals surface area contributed by atoms with Crippen LogP contribution < -0.4 is 10.6 Å². The van der Waals surface area contributed by atoms with Crippen LogP contribution in [0.3, 0.4) is 0 Å². The predicted molar refractivity (Wildman–Crippen MR) is 135 cm³/mol. The minimum atomic E-state index is 0.420. The molecule has 1 spiro atoms. The molecule has 3 aromatic rings. The molecule has 3 aliphatic rings. The molecule has 2 saturated heterocycles. The van der Waals surface area contributed by atoms with Crippen LogP contribution in [0.5, 0.6) is 0 Å². The lowest BCUT2D eigenvalue weighted by Gasteiger charge is -2.49. The smallest absolute Gasteiger partial charge is 0.230 e. The Morgan fingerprint density at radius 1 is 1.12 bits per heavy atom. The van der Waals surface area contributed by atoms with Gasteiger partial charge in [0.15, 0.2) is 10.6 Å². The largest absolute Gasteiger partial charge is 0.380 e. The van der Waals surface area contributed by atoms with Crippen molar-refractivity contribution < 1.29 is 4.74 Å². The molecule has 0 bridgehead atoms. The van der Waals surface area contributed by atoms with Crippen molar-refractivity contribution in [3.63, 3.8) is 0 Å². The molecule has 0 amide bonds. The summed E-state index contributed by atoms with van der Waals surface area (Å²) in [5.41, 5.74) is 2.29. The number of piperidine rings is 1. The number of fused-ring (bicyclic) bond motifs is 1. The second-order valence-corrected chi connectivity index (χ2v) is 11.3. The lowest BCUT2D eigenvalue weighted by molar-refractivity contribution is -0.143. The third kappa shape index (κ3) is 4.38. The van der Waals surface area contributed by atoms with Crippen molar-refractivity contribution in [3.8, 4) is 0 Å². The van der Waals surface area contributed by atoms with Gasteiger partial charge >= 0.3 is 0 Å². The van der Waals surface area contributed by atoms with E-state index in [0.29, 0.717) is 17.4 Å². The molecule has 10 heteroatoms. The van der Waals surface area contributed by atoms with Crippen molar-refractivity contribution in [2.75, 3.05) is 36.9 Å². The van der Waals surface area contributed by atoms with Crippen LogP contribution in [0.4, 0.5) is 17.5 Å². The highest BCUT2D eigenvalue weighted by atomic mass is 32.1. The van der Waals surface area contributed by atoms with Crippen LogP contribution in [0, 0.1) is 5.41 Å². The molecule has 182 valence electrons. The molecule has 5 heterocycles. The molecule has 1 aliphatic carbocycles. The maximum absolute atomic E-state index is 5.50. The molecule has 6 rings (SSSR count). The summed E-state index contributed by atoms with van der Waals surface area (Å²) in [5.74, 6) is 1.44. The zero-order valence-corrected chi connectivity index (χ0v) is 20.9. The quantitative estimate of drug-likeness (QED) is 0.545. The third-order valence-corrected chi connectivity index (χ3v) is 8.89. The van der Waals surface area contributed by atoms with E-state index in [1.807, 2.05) is 13.2 Å². The average molecular weight is 483 g/mol. The van der Waals surface area contributed by atoms with Gasteiger partial charge in [-0.2, -0.15) is 15.1 Å². The summed E-state index contributed by atoms with van der Waals surface area (Å²) >= 11 is 1.65. The summed E-state index contributed by atoms with van der Waals surface area (Å²) in [6.45, 7) is 6.58. The van der Waals surface area contributed by atoms with Gasteiger partial charge in [-0.25, -0.2) is 4.98 Å². The molecule has 2 N–H and O–H groups in total. The van der Waals surface area contributed by atoms with E-state index >= 15 is 0 Å². The molecule has 0 radical (unpaired) electrons. The highest BCUT2D eigenvalue weighted by molar-refractivity contribution is 7.18. The standard InChI is InChI=1S/C24H34N8OS/c1-3-19-28-20-21(29-23(30-22(20)34-19)27-17-12-25-31(2)13-17)26-16-4-6-18(7-5-16)32-10-8-24(9-11-32)14-33-15-24/h12-13,16,18H,3-11,14-15H2,1-2H3,(H2,26,27,29,30). The van der Waals surface area contributed by atoms with Crippen LogP contribution in [0.1, 0.15) is 50.5 Å². The van der Waals surface area contributed by atoms with Crippen LogP contribution in [0.15, 0.2) is 12.4 Å². The van der Waals surface area contributed by atoms with E-state index in [2.05, 4.69) is 27.6 Å². The SMILES string of the molecule is CCc1nc2c(NC3CCC(N4CCC5(CC4)COC5)CC3)nc(Nc3cnn(C)c3)nc2s1. The summed E-state index contributed by atoms with van der Waals surface area (Å²) in [6.07, 6.45) is 12.0. The Morgan fingerprint density at radius 3 is 2.56 bits per heavy atom. The normalized spacial score (nSPS) is 24.9. The molecular weight excluding hydrogens is 448 g/mol. The third-order valence-electron chi connectivity index (χ3n) is 7.80. The number of ether oxygens (including phenoxy) is 1. The van der Waals surface area contributed by atoms with Gasteiger partial charge in [-0.1, -0.05) is 18.3 Å². The van der Waals surface area contributed by atoms with Crippen molar-refractivity contribution in [2.24, 2.45) is 12.5 Å². The summed E-state index contributed by atoms with van der Waals surface area (Å²) in [7, 11) is 1.90. The van der Waals surface area contributed by atoms with E-state index in [9.17, 15) is 0 Å². The van der Waals surface area contributed by atoms with Gasteiger partial charge in [0.25, 0.3) is 0 Å².